The second kappa shape index (κ2) is 8.33. The Morgan fingerprint density at radius 2 is 1.71 bits per heavy atom. The number of carbonyl (C=O) groups excluding carboxylic acids is 2. The maximum atomic E-state index is 12.1. The molecule has 1 aliphatic rings. The largest absolute Gasteiger partial charge is 0.484 e. The number of carbonyl (C=O) groups is 3. The number of carboxylic acid groups (broad SMARTS) is 1. The van der Waals surface area contributed by atoms with E-state index >= 15 is 0 Å². The molecule has 1 aromatic carbocycles. The average Bonchev–Trinajstić information content (AvgIpc) is 2.59. The molecule has 1 aromatic rings. The zero-order valence-corrected chi connectivity index (χ0v) is 13.6. The van der Waals surface area contributed by atoms with Crippen LogP contribution < -0.4 is 15.6 Å². The zero-order chi connectivity index (χ0) is 17.5. The SMILES string of the molecule is Cc1ccc(OCC(=O)NNC(=O)[C@H]2CCCC[C@H]2C(=O)O)cc1. The van der Waals surface area contributed by atoms with Gasteiger partial charge in [0.25, 0.3) is 5.91 Å². The Labute approximate surface area is 140 Å². The molecule has 0 radical (unpaired) electrons. The highest BCUT2D eigenvalue weighted by atomic mass is 16.5. The Hall–Kier alpha value is -2.57. The molecular weight excluding hydrogens is 312 g/mol. The molecular formula is C17H22N2O5. The highest BCUT2D eigenvalue weighted by Crippen LogP contribution is 2.30. The van der Waals surface area contributed by atoms with Gasteiger partial charge in [-0.15, -0.1) is 0 Å². The number of carboxylic acids is 1. The maximum absolute atomic E-state index is 12.1. The molecule has 0 heterocycles. The summed E-state index contributed by atoms with van der Waals surface area (Å²) in [5, 5.41) is 9.18. The summed E-state index contributed by atoms with van der Waals surface area (Å²) in [7, 11) is 0. The van der Waals surface area contributed by atoms with E-state index < -0.39 is 29.6 Å². The Balaban J connectivity index is 1.77. The van der Waals surface area contributed by atoms with Crippen LogP contribution in [0.2, 0.25) is 0 Å². The summed E-state index contributed by atoms with van der Waals surface area (Å²) in [6.07, 6.45) is 2.61. The van der Waals surface area contributed by atoms with E-state index in [0.717, 1.165) is 18.4 Å². The molecule has 1 saturated carbocycles. The fourth-order valence-electron chi connectivity index (χ4n) is 2.78. The minimum atomic E-state index is -0.969. The van der Waals surface area contributed by atoms with E-state index in [1.54, 1.807) is 12.1 Å². The third-order valence-corrected chi connectivity index (χ3v) is 4.14. The number of nitrogens with one attached hydrogen (secondary N) is 2. The highest BCUT2D eigenvalue weighted by molar-refractivity contribution is 5.87. The third kappa shape index (κ3) is 4.97. The molecule has 0 aromatic heterocycles. The molecule has 2 rings (SSSR count). The lowest BCUT2D eigenvalue weighted by atomic mass is 9.79. The molecule has 0 unspecified atom stereocenters. The number of aryl methyl sites for hydroxylation is 1. The molecule has 3 N–H and O–H groups in total. The van der Waals surface area contributed by atoms with E-state index in [9.17, 15) is 19.5 Å². The van der Waals surface area contributed by atoms with Gasteiger partial charge in [0.15, 0.2) is 6.61 Å². The Bertz CT molecular complexity index is 600. The van der Waals surface area contributed by atoms with Crippen molar-refractivity contribution in [3.8, 4) is 5.75 Å². The van der Waals surface area contributed by atoms with Crippen molar-refractivity contribution in [1.29, 1.82) is 0 Å². The molecule has 2 atom stereocenters. The van der Waals surface area contributed by atoms with Crippen LogP contribution in [-0.4, -0.2) is 29.5 Å². The highest BCUT2D eigenvalue weighted by Gasteiger charge is 2.35. The van der Waals surface area contributed by atoms with Crippen molar-refractivity contribution >= 4 is 17.8 Å². The second-order valence-corrected chi connectivity index (χ2v) is 5.97. The molecule has 7 nitrogen and oxygen atoms in total. The van der Waals surface area contributed by atoms with Crippen LogP contribution in [0.15, 0.2) is 24.3 Å². The molecule has 0 aliphatic heterocycles. The van der Waals surface area contributed by atoms with Crippen molar-refractivity contribution in [1.82, 2.24) is 10.9 Å². The van der Waals surface area contributed by atoms with Crippen molar-refractivity contribution < 1.29 is 24.2 Å². The van der Waals surface area contributed by atoms with E-state index in [4.69, 9.17) is 4.74 Å². The van der Waals surface area contributed by atoms with Crippen molar-refractivity contribution in [3.05, 3.63) is 29.8 Å². The quantitative estimate of drug-likeness (QED) is 0.706. The summed E-state index contributed by atoms with van der Waals surface area (Å²) in [6, 6.07) is 7.23. The smallest absolute Gasteiger partial charge is 0.307 e. The first-order chi connectivity index (χ1) is 11.5. The van der Waals surface area contributed by atoms with Gasteiger partial charge in [0.05, 0.1) is 11.8 Å². The van der Waals surface area contributed by atoms with Crippen LogP contribution >= 0.6 is 0 Å². The van der Waals surface area contributed by atoms with Gasteiger partial charge in [0.2, 0.25) is 5.91 Å². The number of rotatable bonds is 5. The van der Waals surface area contributed by atoms with Crippen LogP contribution in [0.5, 0.6) is 5.75 Å². The van der Waals surface area contributed by atoms with Gasteiger partial charge in [-0.2, -0.15) is 0 Å². The molecule has 0 saturated heterocycles. The van der Waals surface area contributed by atoms with Crippen LogP contribution in [0.25, 0.3) is 0 Å². The van der Waals surface area contributed by atoms with Crippen LogP contribution in [-0.2, 0) is 14.4 Å². The number of ether oxygens (including phenoxy) is 1. The topological polar surface area (TPSA) is 105 Å². The van der Waals surface area contributed by atoms with E-state index in [2.05, 4.69) is 10.9 Å². The summed E-state index contributed by atoms with van der Waals surface area (Å²) in [4.78, 5) is 35.0. The summed E-state index contributed by atoms with van der Waals surface area (Å²) < 4.78 is 5.30. The first-order valence-electron chi connectivity index (χ1n) is 7.98. The molecule has 24 heavy (non-hydrogen) atoms. The van der Waals surface area contributed by atoms with Crippen LogP contribution in [0.3, 0.4) is 0 Å². The molecule has 130 valence electrons. The number of hydrazine groups is 1. The normalized spacial score (nSPS) is 20.0. The fourth-order valence-corrected chi connectivity index (χ4v) is 2.78. The number of benzene rings is 1. The Morgan fingerprint density at radius 1 is 1.08 bits per heavy atom. The number of hydrogen-bond donors (Lipinski definition) is 3. The Morgan fingerprint density at radius 3 is 2.33 bits per heavy atom. The summed E-state index contributed by atoms with van der Waals surface area (Å²) >= 11 is 0. The summed E-state index contributed by atoms with van der Waals surface area (Å²) in [6.45, 7) is 1.71. The minimum absolute atomic E-state index is 0.240. The minimum Gasteiger partial charge on any atom is -0.484 e. The Kier molecular flexibility index (Phi) is 6.17. The first-order valence-corrected chi connectivity index (χ1v) is 7.98. The lowest BCUT2D eigenvalue weighted by Gasteiger charge is -2.27. The number of amides is 2. The molecule has 0 bridgehead atoms. The second-order valence-electron chi connectivity index (χ2n) is 5.97. The number of aliphatic carboxylic acids is 1. The van der Waals surface area contributed by atoms with Gasteiger partial charge in [-0.3, -0.25) is 25.2 Å². The molecule has 1 fully saturated rings. The predicted molar refractivity (Wildman–Crippen MR) is 86.0 cm³/mol. The van der Waals surface area contributed by atoms with Crippen molar-refractivity contribution in [2.24, 2.45) is 11.8 Å². The average molecular weight is 334 g/mol. The molecule has 2 amide bonds. The van der Waals surface area contributed by atoms with Crippen LogP contribution in [0.4, 0.5) is 0 Å². The van der Waals surface area contributed by atoms with Crippen LogP contribution in [0, 0.1) is 18.8 Å². The summed E-state index contributed by atoms with van der Waals surface area (Å²) in [5.74, 6) is -2.70. The van der Waals surface area contributed by atoms with Crippen molar-refractivity contribution in [3.63, 3.8) is 0 Å². The van der Waals surface area contributed by atoms with Gasteiger partial charge < -0.3 is 9.84 Å². The van der Waals surface area contributed by atoms with Gasteiger partial charge in [0.1, 0.15) is 5.75 Å². The van der Waals surface area contributed by atoms with Gasteiger partial charge in [-0.1, -0.05) is 30.5 Å². The molecule has 0 spiro atoms. The standard InChI is InChI=1S/C17H22N2O5/c1-11-6-8-12(9-7-11)24-10-15(20)18-19-16(21)13-4-2-3-5-14(13)17(22)23/h6-9,13-14H,2-5,10H2,1H3,(H,18,20)(H,19,21)(H,22,23)/t13-,14+/m0/s1. The maximum Gasteiger partial charge on any atom is 0.307 e. The lowest BCUT2D eigenvalue weighted by molar-refractivity contribution is -0.149. The lowest BCUT2D eigenvalue weighted by Crippen LogP contribution is -2.49. The first kappa shape index (κ1) is 17.8. The molecule has 7 heteroatoms. The van der Waals surface area contributed by atoms with Gasteiger partial charge in [-0.25, -0.2) is 0 Å². The van der Waals surface area contributed by atoms with Gasteiger partial charge in [0, 0.05) is 0 Å². The van der Waals surface area contributed by atoms with E-state index in [-0.39, 0.29) is 6.61 Å². The van der Waals surface area contributed by atoms with Crippen LogP contribution in [0.1, 0.15) is 31.2 Å². The predicted octanol–water partition coefficient (Wildman–Crippen LogP) is 1.41. The van der Waals surface area contributed by atoms with Crippen molar-refractivity contribution in [2.45, 2.75) is 32.6 Å². The van der Waals surface area contributed by atoms with Crippen molar-refractivity contribution in [2.75, 3.05) is 6.61 Å². The van der Waals surface area contributed by atoms with E-state index in [0.29, 0.717) is 18.6 Å². The van der Waals surface area contributed by atoms with Gasteiger partial charge >= 0.3 is 5.97 Å². The number of hydrogen-bond acceptors (Lipinski definition) is 4. The zero-order valence-electron chi connectivity index (χ0n) is 13.6. The van der Waals surface area contributed by atoms with Gasteiger partial charge in [-0.05, 0) is 31.9 Å². The third-order valence-electron chi connectivity index (χ3n) is 4.14. The molecule has 1 aliphatic carbocycles. The van der Waals surface area contributed by atoms with E-state index in [1.807, 2.05) is 19.1 Å². The monoisotopic (exact) mass is 334 g/mol. The summed E-state index contributed by atoms with van der Waals surface area (Å²) in [5.41, 5.74) is 5.65. The fraction of sp³-hybridized carbons (Fsp3) is 0.471. The van der Waals surface area contributed by atoms with E-state index in [1.165, 1.54) is 0 Å².